The number of nitrogens with two attached hydrogens (primary N) is 1. The van der Waals surface area contributed by atoms with Crippen molar-refractivity contribution >= 4 is 34.8 Å². The van der Waals surface area contributed by atoms with Gasteiger partial charge in [0.25, 0.3) is 0 Å². The minimum atomic E-state index is -0.566. The first-order valence-corrected chi connectivity index (χ1v) is 6.81. The molecule has 2 aromatic rings. The molecular formula is C14H11Cl3FNO. The van der Waals surface area contributed by atoms with E-state index in [9.17, 15) is 4.39 Å². The summed E-state index contributed by atoms with van der Waals surface area (Å²) in [6.45, 7) is 0. The molecule has 6 heteroatoms. The molecule has 0 aliphatic heterocycles. The first kappa shape index (κ1) is 15.4. The molecule has 106 valence electrons. The minimum absolute atomic E-state index is 0.00804. The molecule has 0 fully saturated rings. The Hall–Kier alpha value is -1.000. The molecule has 2 N–H and O–H groups in total. The van der Waals surface area contributed by atoms with Crippen molar-refractivity contribution in [3.8, 4) is 5.75 Å². The van der Waals surface area contributed by atoms with Crippen molar-refractivity contribution in [2.75, 3.05) is 7.11 Å². The first-order valence-electron chi connectivity index (χ1n) is 5.67. The van der Waals surface area contributed by atoms with Gasteiger partial charge in [0.2, 0.25) is 0 Å². The average Bonchev–Trinajstić information content (AvgIpc) is 2.43. The molecular weight excluding hydrogens is 324 g/mol. The lowest BCUT2D eigenvalue weighted by atomic mass is 9.99. The van der Waals surface area contributed by atoms with Crippen LogP contribution in [0.25, 0.3) is 0 Å². The van der Waals surface area contributed by atoms with Gasteiger partial charge in [-0.05, 0) is 29.3 Å². The van der Waals surface area contributed by atoms with Gasteiger partial charge >= 0.3 is 0 Å². The fourth-order valence-electron chi connectivity index (χ4n) is 1.82. The first-order chi connectivity index (χ1) is 9.43. The maximum atomic E-state index is 13.2. The van der Waals surface area contributed by atoms with Gasteiger partial charge in [0, 0.05) is 11.1 Å². The zero-order valence-corrected chi connectivity index (χ0v) is 12.7. The van der Waals surface area contributed by atoms with Gasteiger partial charge in [0.1, 0.15) is 11.6 Å². The molecule has 20 heavy (non-hydrogen) atoms. The van der Waals surface area contributed by atoms with Gasteiger partial charge in [-0.3, -0.25) is 0 Å². The Morgan fingerprint density at radius 2 is 1.75 bits per heavy atom. The Morgan fingerprint density at radius 3 is 2.35 bits per heavy atom. The predicted octanol–water partition coefficient (Wildman–Crippen LogP) is 4.84. The zero-order chi connectivity index (χ0) is 14.9. The summed E-state index contributed by atoms with van der Waals surface area (Å²) in [5, 5.41) is 0.823. The van der Waals surface area contributed by atoms with E-state index in [2.05, 4.69) is 0 Å². The lowest BCUT2D eigenvalue weighted by molar-refractivity contribution is 0.415. The minimum Gasteiger partial charge on any atom is -0.495 e. The molecule has 0 heterocycles. The van der Waals surface area contributed by atoms with Crippen LogP contribution in [0.3, 0.4) is 0 Å². The predicted molar refractivity (Wildman–Crippen MR) is 80.5 cm³/mol. The van der Waals surface area contributed by atoms with Crippen LogP contribution in [0.4, 0.5) is 4.39 Å². The van der Waals surface area contributed by atoms with E-state index in [1.165, 1.54) is 19.2 Å². The molecule has 0 saturated heterocycles. The lowest BCUT2D eigenvalue weighted by Crippen LogP contribution is -2.12. The second-order valence-corrected chi connectivity index (χ2v) is 5.38. The van der Waals surface area contributed by atoms with Crippen LogP contribution in [0.2, 0.25) is 15.1 Å². The third-order valence-corrected chi connectivity index (χ3v) is 3.82. The topological polar surface area (TPSA) is 35.2 Å². The van der Waals surface area contributed by atoms with Crippen LogP contribution in [0, 0.1) is 5.82 Å². The third-order valence-electron chi connectivity index (χ3n) is 2.91. The van der Waals surface area contributed by atoms with Crippen molar-refractivity contribution in [1.29, 1.82) is 0 Å². The van der Waals surface area contributed by atoms with Crippen LogP contribution in [0.1, 0.15) is 17.2 Å². The highest BCUT2D eigenvalue weighted by molar-refractivity contribution is 6.34. The van der Waals surface area contributed by atoms with E-state index < -0.39 is 11.9 Å². The van der Waals surface area contributed by atoms with Gasteiger partial charge in [0.05, 0.1) is 23.2 Å². The molecule has 0 aliphatic carbocycles. The van der Waals surface area contributed by atoms with E-state index in [0.29, 0.717) is 26.9 Å². The van der Waals surface area contributed by atoms with Crippen LogP contribution < -0.4 is 10.5 Å². The molecule has 0 saturated carbocycles. The molecule has 0 spiro atoms. The summed E-state index contributed by atoms with van der Waals surface area (Å²) in [5.41, 5.74) is 7.38. The second-order valence-electron chi connectivity index (χ2n) is 4.16. The lowest BCUT2D eigenvalue weighted by Gasteiger charge is -2.16. The van der Waals surface area contributed by atoms with E-state index in [1.807, 2.05) is 0 Å². The number of ether oxygens (including phenoxy) is 1. The third kappa shape index (κ3) is 3.01. The highest BCUT2D eigenvalue weighted by Gasteiger charge is 2.17. The van der Waals surface area contributed by atoms with Crippen molar-refractivity contribution < 1.29 is 9.13 Å². The summed E-state index contributed by atoms with van der Waals surface area (Å²) in [6.07, 6.45) is 0. The van der Waals surface area contributed by atoms with Crippen molar-refractivity contribution in [3.05, 3.63) is 62.3 Å². The maximum Gasteiger partial charge on any atom is 0.141 e. The van der Waals surface area contributed by atoms with E-state index in [1.54, 1.807) is 18.2 Å². The molecule has 2 rings (SSSR count). The van der Waals surface area contributed by atoms with E-state index in [0.717, 1.165) is 0 Å². The normalized spacial score (nSPS) is 12.3. The van der Waals surface area contributed by atoms with Crippen LogP contribution in [0.15, 0.2) is 30.3 Å². The number of halogens is 4. The Bertz CT molecular complexity index is 649. The van der Waals surface area contributed by atoms with E-state index in [-0.39, 0.29) is 5.02 Å². The summed E-state index contributed by atoms with van der Waals surface area (Å²) in [5.74, 6) is -0.0359. The summed E-state index contributed by atoms with van der Waals surface area (Å²) in [7, 11) is 1.50. The SMILES string of the molecule is COc1cc(Cl)c(C(N)c2ccc(F)c(Cl)c2)cc1Cl. The molecule has 2 nitrogen and oxygen atoms in total. The fraction of sp³-hybridized carbons (Fsp3) is 0.143. The summed E-state index contributed by atoms with van der Waals surface area (Å²) in [6, 6.07) is 6.94. The number of hydrogen-bond acceptors (Lipinski definition) is 2. The molecule has 0 radical (unpaired) electrons. The van der Waals surface area contributed by atoms with Crippen LogP contribution in [-0.4, -0.2) is 7.11 Å². The van der Waals surface area contributed by atoms with Crippen molar-refractivity contribution in [1.82, 2.24) is 0 Å². The summed E-state index contributed by atoms with van der Waals surface area (Å²) in [4.78, 5) is 0. The van der Waals surface area contributed by atoms with Gasteiger partial charge in [-0.15, -0.1) is 0 Å². The highest BCUT2D eigenvalue weighted by Crippen LogP contribution is 2.35. The smallest absolute Gasteiger partial charge is 0.141 e. The molecule has 1 unspecified atom stereocenters. The zero-order valence-electron chi connectivity index (χ0n) is 10.5. The number of rotatable bonds is 3. The van der Waals surface area contributed by atoms with Crippen LogP contribution >= 0.6 is 34.8 Å². The average molecular weight is 335 g/mol. The maximum absolute atomic E-state index is 13.2. The number of benzene rings is 2. The quantitative estimate of drug-likeness (QED) is 0.871. The molecule has 2 aromatic carbocycles. The summed E-state index contributed by atoms with van der Waals surface area (Å²) >= 11 is 18.0. The van der Waals surface area contributed by atoms with Crippen LogP contribution in [-0.2, 0) is 0 Å². The molecule has 0 bridgehead atoms. The Balaban J connectivity index is 2.45. The van der Waals surface area contributed by atoms with Crippen molar-refractivity contribution in [2.45, 2.75) is 6.04 Å². The van der Waals surface area contributed by atoms with Gasteiger partial charge in [0.15, 0.2) is 0 Å². The van der Waals surface area contributed by atoms with Crippen LogP contribution in [0.5, 0.6) is 5.75 Å². The number of methoxy groups -OCH3 is 1. The largest absolute Gasteiger partial charge is 0.495 e. The summed E-state index contributed by atoms with van der Waals surface area (Å²) < 4.78 is 18.2. The van der Waals surface area contributed by atoms with Crippen molar-refractivity contribution in [2.24, 2.45) is 5.73 Å². The van der Waals surface area contributed by atoms with Gasteiger partial charge in [-0.25, -0.2) is 4.39 Å². The molecule has 1 atom stereocenters. The van der Waals surface area contributed by atoms with E-state index in [4.69, 9.17) is 45.3 Å². The molecule has 0 amide bonds. The Kier molecular flexibility index (Phi) is 4.76. The molecule has 0 aliphatic rings. The van der Waals surface area contributed by atoms with Gasteiger partial charge < -0.3 is 10.5 Å². The Labute approximate surface area is 131 Å². The standard InChI is InChI=1S/C14H11Cl3FNO/c1-20-13-6-9(15)8(5-11(13)17)14(19)7-2-3-12(18)10(16)4-7/h2-6,14H,19H2,1H3. The highest BCUT2D eigenvalue weighted by atomic mass is 35.5. The fourth-order valence-corrected chi connectivity index (χ4v) is 2.53. The number of hydrogen-bond donors (Lipinski definition) is 1. The Morgan fingerprint density at radius 1 is 1.05 bits per heavy atom. The second kappa shape index (κ2) is 6.19. The van der Waals surface area contributed by atoms with Crippen molar-refractivity contribution in [3.63, 3.8) is 0 Å². The monoisotopic (exact) mass is 333 g/mol. The molecule has 0 aromatic heterocycles. The van der Waals surface area contributed by atoms with Gasteiger partial charge in [-0.2, -0.15) is 0 Å². The van der Waals surface area contributed by atoms with E-state index >= 15 is 0 Å². The van der Waals surface area contributed by atoms with Gasteiger partial charge in [-0.1, -0.05) is 40.9 Å².